The van der Waals surface area contributed by atoms with Crippen LogP contribution in [0.5, 0.6) is 0 Å². The maximum Gasteiger partial charge on any atom is 0.407 e. The highest BCUT2D eigenvalue weighted by atomic mass is 35.5. The Morgan fingerprint density at radius 1 is 1.27 bits per heavy atom. The molecule has 1 aromatic rings. The van der Waals surface area contributed by atoms with Gasteiger partial charge in [-0.05, 0) is 57.7 Å². The third kappa shape index (κ3) is 5.67. The molecule has 0 bridgehead atoms. The summed E-state index contributed by atoms with van der Waals surface area (Å²) in [4.78, 5) is 27.4. The number of hydrogen-bond donors (Lipinski definition) is 2. The van der Waals surface area contributed by atoms with Crippen molar-refractivity contribution in [2.24, 2.45) is 0 Å². The molecule has 1 aliphatic carbocycles. The van der Waals surface area contributed by atoms with E-state index in [9.17, 15) is 14.7 Å². The van der Waals surface area contributed by atoms with Crippen molar-refractivity contribution in [3.63, 3.8) is 0 Å². The van der Waals surface area contributed by atoms with E-state index in [1.165, 1.54) is 0 Å². The molecule has 1 aliphatic heterocycles. The number of hydrogen-bond acceptors (Lipinski definition) is 4. The predicted octanol–water partition coefficient (Wildman–Crippen LogP) is 4.24. The van der Waals surface area contributed by atoms with Crippen molar-refractivity contribution in [3.05, 3.63) is 34.9 Å². The molecular weight excluding hydrogens is 404 g/mol. The minimum Gasteiger partial charge on any atom is -0.444 e. The Labute approximate surface area is 183 Å². The van der Waals surface area contributed by atoms with E-state index in [0.29, 0.717) is 37.4 Å². The normalized spacial score (nSPS) is 22.4. The van der Waals surface area contributed by atoms with Crippen LogP contribution in [0.2, 0.25) is 5.02 Å². The van der Waals surface area contributed by atoms with Crippen molar-refractivity contribution in [1.29, 1.82) is 0 Å². The Balaban J connectivity index is 1.75. The Hall–Kier alpha value is -1.79. The first-order valence-electron chi connectivity index (χ1n) is 10.8. The molecule has 2 fully saturated rings. The summed E-state index contributed by atoms with van der Waals surface area (Å²) < 4.78 is 5.33. The zero-order chi connectivity index (χ0) is 21.9. The number of carbonyl (C=O) groups excluding carboxylic acids is 2. The molecule has 2 N–H and O–H groups in total. The first kappa shape index (κ1) is 22.9. The first-order chi connectivity index (χ1) is 14.1. The van der Waals surface area contributed by atoms with Gasteiger partial charge in [-0.3, -0.25) is 4.79 Å². The summed E-state index contributed by atoms with van der Waals surface area (Å²) in [6.45, 7) is 6.39. The fourth-order valence-electron chi connectivity index (χ4n) is 4.56. The number of aliphatic hydroxyl groups is 1. The number of likely N-dealkylation sites (tertiary alicyclic amines) is 1. The monoisotopic (exact) mass is 436 g/mol. The van der Waals surface area contributed by atoms with Gasteiger partial charge >= 0.3 is 6.09 Å². The highest BCUT2D eigenvalue weighted by Gasteiger charge is 2.45. The summed E-state index contributed by atoms with van der Waals surface area (Å²) in [5.74, 6) is -0.757. The van der Waals surface area contributed by atoms with Crippen LogP contribution < -0.4 is 5.32 Å². The molecule has 0 radical (unpaired) electrons. The molecule has 1 unspecified atom stereocenters. The van der Waals surface area contributed by atoms with Gasteiger partial charge in [-0.25, -0.2) is 4.79 Å². The van der Waals surface area contributed by atoms with Gasteiger partial charge in [0.1, 0.15) is 5.60 Å². The second kappa shape index (κ2) is 9.15. The fourth-order valence-corrected chi connectivity index (χ4v) is 4.76. The second-order valence-electron chi connectivity index (χ2n) is 9.57. The summed E-state index contributed by atoms with van der Waals surface area (Å²) in [5, 5.41) is 14.9. The number of benzene rings is 1. The average molecular weight is 437 g/mol. The maximum absolute atomic E-state index is 13.6. The first-order valence-corrected chi connectivity index (χ1v) is 11.2. The van der Waals surface area contributed by atoms with Crippen LogP contribution in [0.1, 0.15) is 70.8 Å². The molecule has 0 spiro atoms. The van der Waals surface area contributed by atoms with E-state index in [1.807, 2.05) is 32.9 Å². The third-order valence-corrected chi connectivity index (χ3v) is 6.14. The molecule has 0 aromatic heterocycles. The molecule has 166 valence electrons. The zero-order valence-corrected chi connectivity index (χ0v) is 18.9. The van der Waals surface area contributed by atoms with Gasteiger partial charge in [0, 0.05) is 18.1 Å². The molecule has 1 saturated carbocycles. The quantitative estimate of drug-likeness (QED) is 0.739. The molecule has 7 heteroatoms. The third-order valence-electron chi connectivity index (χ3n) is 5.91. The molecular formula is C23H33ClN2O4. The van der Waals surface area contributed by atoms with Crippen LogP contribution in [0, 0.1) is 0 Å². The molecule has 1 saturated heterocycles. The van der Waals surface area contributed by atoms with Crippen LogP contribution in [-0.2, 0) is 9.53 Å². The van der Waals surface area contributed by atoms with Crippen molar-refractivity contribution < 1.29 is 19.4 Å². The minimum absolute atomic E-state index is 0.102. The van der Waals surface area contributed by atoms with Crippen LogP contribution >= 0.6 is 11.6 Å². The Morgan fingerprint density at radius 2 is 1.97 bits per heavy atom. The molecule has 1 aromatic carbocycles. The van der Waals surface area contributed by atoms with Crippen molar-refractivity contribution in [2.45, 2.75) is 82.5 Å². The van der Waals surface area contributed by atoms with Gasteiger partial charge in [-0.2, -0.15) is 0 Å². The summed E-state index contributed by atoms with van der Waals surface area (Å²) in [6, 6.07) is 7.08. The molecule has 1 heterocycles. The van der Waals surface area contributed by atoms with Crippen LogP contribution in [0.15, 0.2) is 24.3 Å². The standard InChI is InChI=1S/C23H33ClN2O4/c1-22(2,3)30-21(28)25-18-10-13-26(15-18)20(27)19(16-8-7-9-17(24)14-16)23(29)11-5-4-6-12-23/h7-9,14,18-19,29H,4-6,10-13,15H2,1-3H3,(H,25,28)/t18?,19-/m1/s1. The fraction of sp³-hybridized carbons (Fsp3) is 0.652. The number of carbonyl (C=O) groups is 2. The lowest BCUT2D eigenvalue weighted by Crippen LogP contribution is -2.48. The largest absolute Gasteiger partial charge is 0.444 e. The van der Waals surface area contributed by atoms with E-state index in [0.717, 1.165) is 24.8 Å². The van der Waals surface area contributed by atoms with Gasteiger partial charge in [0.25, 0.3) is 0 Å². The Kier molecular flexibility index (Phi) is 6.98. The lowest BCUT2D eigenvalue weighted by Gasteiger charge is -2.40. The maximum atomic E-state index is 13.6. The van der Waals surface area contributed by atoms with Crippen LogP contribution in [0.3, 0.4) is 0 Å². The topological polar surface area (TPSA) is 78.9 Å². The Morgan fingerprint density at radius 3 is 2.60 bits per heavy atom. The van der Waals surface area contributed by atoms with E-state index in [2.05, 4.69) is 5.32 Å². The number of ether oxygens (including phenoxy) is 1. The van der Waals surface area contributed by atoms with E-state index in [4.69, 9.17) is 16.3 Å². The Bertz CT molecular complexity index is 771. The zero-order valence-electron chi connectivity index (χ0n) is 18.1. The van der Waals surface area contributed by atoms with Gasteiger partial charge in [0.2, 0.25) is 5.91 Å². The highest BCUT2D eigenvalue weighted by molar-refractivity contribution is 6.30. The summed E-state index contributed by atoms with van der Waals surface area (Å²) in [7, 11) is 0. The van der Waals surface area contributed by atoms with Crippen molar-refractivity contribution in [1.82, 2.24) is 10.2 Å². The summed E-state index contributed by atoms with van der Waals surface area (Å²) >= 11 is 6.20. The van der Waals surface area contributed by atoms with Gasteiger partial charge < -0.3 is 20.1 Å². The second-order valence-corrected chi connectivity index (χ2v) is 10.0. The summed E-state index contributed by atoms with van der Waals surface area (Å²) in [6.07, 6.45) is 4.27. The van der Waals surface area contributed by atoms with Gasteiger partial charge in [-0.15, -0.1) is 0 Å². The van der Waals surface area contributed by atoms with E-state index < -0.39 is 23.2 Å². The smallest absolute Gasteiger partial charge is 0.407 e. The molecule has 30 heavy (non-hydrogen) atoms. The lowest BCUT2D eigenvalue weighted by molar-refractivity contribution is -0.140. The number of halogens is 1. The van der Waals surface area contributed by atoms with Crippen molar-refractivity contribution >= 4 is 23.6 Å². The molecule has 3 rings (SSSR count). The van der Waals surface area contributed by atoms with E-state index in [1.54, 1.807) is 17.0 Å². The van der Waals surface area contributed by atoms with Gasteiger partial charge in [0.15, 0.2) is 0 Å². The van der Waals surface area contributed by atoms with Gasteiger partial charge in [0.05, 0.1) is 17.6 Å². The van der Waals surface area contributed by atoms with E-state index in [-0.39, 0.29) is 11.9 Å². The number of nitrogens with zero attached hydrogens (tertiary/aromatic N) is 1. The SMILES string of the molecule is CC(C)(C)OC(=O)NC1CCN(C(=O)[C@@H](c2cccc(Cl)c2)C2(O)CCCCC2)C1. The van der Waals surface area contributed by atoms with Crippen LogP contribution in [0.25, 0.3) is 0 Å². The van der Waals surface area contributed by atoms with E-state index >= 15 is 0 Å². The average Bonchev–Trinajstić information content (AvgIpc) is 3.09. The highest BCUT2D eigenvalue weighted by Crippen LogP contribution is 2.42. The minimum atomic E-state index is -1.07. The molecule has 2 atom stereocenters. The summed E-state index contributed by atoms with van der Waals surface area (Å²) in [5.41, 5.74) is -0.892. The molecule has 2 amide bonds. The van der Waals surface area contributed by atoms with Crippen molar-refractivity contribution in [2.75, 3.05) is 13.1 Å². The van der Waals surface area contributed by atoms with Crippen LogP contribution in [0.4, 0.5) is 4.79 Å². The molecule has 2 aliphatic rings. The number of amides is 2. The number of nitrogens with one attached hydrogen (secondary N) is 1. The lowest BCUT2D eigenvalue weighted by atomic mass is 9.72. The molecule has 6 nitrogen and oxygen atoms in total. The van der Waals surface area contributed by atoms with Crippen LogP contribution in [-0.4, -0.2) is 52.3 Å². The number of rotatable bonds is 4. The van der Waals surface area contributed by atoms with Gasteiger partial charge in [-0.1, -0.05) is 43.0 Å². The predicted molar refractivity (Wildman–Crippen MR) is 117 cm³/mol. The number of alkyl carbamates (subject to hydrolysis) is 1. The van der Waals surface area contributed by atoms with Crippen molar-refractivity contribution in [3.8, 4) is 0 Å².